The number of hydrogen-bond acceptors (Lipinski definition) is 4. The number of halogens is 3. The smallest absolute Gasteiger partial charge is 0.416 e. The number of rotatable bonds is 14. The Balaban J connectivity index is 2.75. The van der Waals surface area contributed by atoms with Gasteiger partial charge in [-0.3, -0.25) is 9.59 Å². The normalized spacial score (nSPS) is 12.9. The third-order valence-corrected chi connectivity index (χ3v) is 5.23. The highest BCUT2D eigenvalue weighted by atomic mass is 19.4. The number of esters is 2. The Hall–Kier alpha value is -2.05. The van der Waals surface area contributed by atoms with Crippen LogP contribution in [0.1, 0.15) is 109 Å². The van der Waals surface area contributed by atoms with Crippen molar-refractivity contribution in [2.75, 3.05) is 6.61 Å². The second-order valence-electron chi connectivity index (χ2n) is 9.41. The lowest BCUT2D eigenvalue weighted by Gasteiger charge is -2.22. The van der Waals surface area contributed by atoms with E-state index >= 15 is 0 Å². The Kier molecular flexibility index (Phi) is 12.5. The summed E-state index contributed by atoms with van der Waals surface area (Å²) in [6.45, 7) is 7.45. The van der Waals surface area contributed by atoms with Gasteiger partial charge in [-0.2, -0.15) is 13.2 Å². The molecule has 0 aliphatic rings. The van der Waals surface area contributed by atoms with Gasteiger partial charge in [-0.25, -0.2) is 0 Å². The number of benzene rings is 1. The quantitative estimate of drug-likeness (QED) is 0.207. The summed E-state index contributed by atoms with van der Waals surface area (Å²) < 4.78 is 51.3. The lowest BCUT2D eigenvalue weighted by molar-refractivity contribution is -0.155. The number of carbonyl (C=O) groups excluding carboxylic acids is 2. The standard InChI is InChI=1S/C26H39F3O4/c1-5-6-7-8-9-10-11-14-19-32-24(31)21(17-18-23(30)33-25(2,3)4)20-15-12-13-16-22(20)26(27,28)29/h12-13,15-16,21H,5-11,14,17-19H2,1-4H3. The predicted molar refractivity (Wildman–Crippen MR) is 123 cm³/mol. The first-order valence-corrected chi connectivity index (χ1v) is 12.0. The Morgan fingerprint density at radius 3 is 2.06 bits per heavy atom. The molecule has 188 valence electrons. The van der Waals surface area contributed by atoms with Crippen LogP contribution in [0.15, 0.2) is 24.3 Å². The van der Waals surface area contributed by atoms with Gasteiger partial charge in [0.05, 0.1) is 18.1 Å². The van der Waals surface area contributed by atoms with Crippen LogP contribution >= 0.6 is 0 Å². The molecule has 0 saturated carbocycles. The van der Waals surface area contributed by atoms with Crippen LogP contribution in [-0.2, 0) is 25.2 Å². The number of hydrogen-bond donors (Lipinski definition) is 0. The van der Waals surface area contributed by atoms with E-state index in [4.69, 9.17) is 9.47 Å². The molecule has 0 amide bonds. The van der Waals surface area contributed by atoms with Crippen molar-refractivity contribution in [2.45, 2.75) is 110 Å². The van der Waals surface area contributed by atoms with Crippen LogP contribution in [-0.4, -0.2) is 24.1 Å². The zero-order chi connectivity index (χ0) is 24.9. The molecule has 1 atom stereocenters. The molecule has 4 nitrogen and oxygen atoms in total. The van der Waals surface area contributed by atoms with Gasteiger partial charge in [0.1, 0.15) is 5.60 Å². The third-order valence-electron chi connectivity index (χ3n) is 5.23. The molecule has 0 N–H and O–H groups in total. The molecule has 0 spiro atoms. The summed E-state index contributed by atoms with van der Waals surface area (Å²) in [4.78, 5) is 24.9. The van der Waals surface area contributed by atoms with Crippen molar-refractivity contribution in [3.8, 4) is 0 Å². The van der Waals surface area contributed by atoms with E-state index in [1.165, 1.54) is 43.9 Å². The Labute approximate surface area is 196 Å². The largest absolute Gasteiger partial charge is 0.465 e. The molecule has 1 unspecified atom stereocenters. The molecule has 0 fully saturated rings. The van der Waals surface area contributed by atoms with Crippen LogP contribution in [0.2, 0.25) is 0 Å². The highest BCUT2D eigenvalue weighted by Gasteiger charge is 2.37. The molecule has 1 aromatic carbocycles. The first-order chi connectivity index (χ1) is 15.5. The maximum absolute atomic E-state index is 13.6. The maximum atomic E-state index is 13.6. The summed E-state index contributed by atoms with van der Waals surface area (Å²) in [6.07, 6.45) is 3.69. The van der Waals surface area contributed by atoms with E-state index < -0.39 is 35.2 Å². The van der Waals surface area contributed by atoms with Gasteiger partial charge in [0, 0.05) is 6.42 Å². The van der Waals surface area contributed by atoms with Crippen LogP contribution in [0.25, 0.3) is 0 Å². The fraction of sp³-hybridized carbons (Fsp3) is 0.692. The van der Waals surface area contributed by atoms with E-state index in [-0.39, 0.29) is 25.0 Å². The number of carbonyl (C=O) groups is 2. The molecule has 0 radical (unpaired) electrons. The van der Waals surface area contributed by atoms with Gasteiger partial charge in [-0.05, 0) is 45.2 Å². The fourth-order valence-corrected chi connectivity index (χ4v) is 3.62. The molecule has 0 saturated heterocycles. The van der Waals surface area contributed by atoms with Crippen LogP contribution in [0, 0.1) is 0 Å². The third kappa shape index (κ3) is 12.1. The number of unbranched alkanes of at least 4 members (excludes halogenated alkanes) is 7. The van der Waals surface area contributed by atoms with E-state index in [2.05, 4.69) is 6.92 Å². The first kappa shape index (κ1) is 29.0. The zero-order valence-corrected chi connectivity index (χ0v) is 20.4. The van der Waals surface area contributed by atoms with E-state index in [0.717, 1.165) is 25.3 Å². The maximum Gasteiger partial charge on any atom is 0.416 e. The van der Waals surface area contributed by atoms with Gasteiger partial charge >= 0.3 is 18.1 Å². The van der Waals surface area contributed by atoms with Gasteiger partial charge in [-0.1, -0.05) is 70.1 Å². The minimum atomic E-state index is -4.61. The van der Waals surface area contributed by atoms with Gasteiger partial charge in [-0.15, -0.1) is 0 Å². The molecule has 0 heterocycles. The van der Waals surface area contributed by atoms with E-state index in [0.29, 0.717) is 6.42 Å². The van der Waals surface area contributed by atoms with Crippen molar-refractivity contribution in [1.29, 1.82) is 0 Å². The minimum Gasteiger partial charge on any atom is -0.465 e. The molecule has 33 heavy (non-hydrogen) atoms. The number of ether oxygens (including phenoxy) is 2. The van der Waals surface area contributed by atoms with Crippen molar-refractivity contribution < 1.29 is 32.2 Å². The van der Waals surface area contributed by atoms with Gasteiger partial charge in [0.2, 0.25) is 0 Å². The highest BCUT2D eigenvalue weighted by molar-refractivity contribution is 5.80. The molecule has 0 aromatic heterocycles. The number of alkyl halides is 3. The Morgan fingerprint density at radius 2 is 1.48 bits per heavy atom. The highest BCUT2D eigenvalue weighted by Crippen LogP contribution is 2.37. The van der Waals surface area contributed by atoms with Crippen molar-refractivity contribution in [1.82, 2.24) is 0 Å². The lowest BCUT2D eigenvalue weighted by atomic mass is 9.90. The van der Waals surface area contributed by atoms with Crippen molar-refractivity contribution in [3.63, 3.8) is 0 Å². The second-order valence-corrected chi connectivity index (χ2v) is 9.41. The molecule has 1 aromatic rings. The van der Waals surface area contributed by atoms with E-state index in [9.17, 15) is 22.8 Å². The predicted octanol–water partition coefficient (Wildman–Crippen LogP) is 7.59. The molecular formula is C26H39F3O4. The topological polar surface area (TPSA) is 52.6 Å². The average molecular weight is 473 g/mol. The van der Waals surface area contributed by atoms with Crippen LogP contribution < -0.4 is 0 Å². The molecule has 0 aliphatic heterocycles. The minimum absolute atomic E-state index is 0.113. The molecule has 1 rings (SSSR count). The van der Waals surface area contributed by atoms with Gasteiger partial charge in [0.25, 0.3) is 0 Å². The van der Waals surface area contributed by atoms with Gasteiger partial charge < -0.3 is 9.47 Å². The summed E-state index contributed by atoms with van der Waals surface area (Å²) in [5.74, 6) is -2.49. The zero-order valence-electron chi connectivity index (χ0n) is 20.4. The van der Waals surface area contributed by atoms with Crippen LogP contribution in [0.3, 0.4) is 0 Å². The summed E-state index contributed by atoms with van der Waals surface area (Å²) in [5, 5.41) is 0. The molecule has 7 heteroatoms. The fourth-order valence-electron chi connectivity index (χ4n) is 3.62. The summed E-state index contributed by atoms with van der Waals surface area (Å²) in [6, 6.07) is 4.96. The Morgan fingerprint density at radius 1 is 0.909 bits per heavy atom. The molecule has 0 aliphatic carbocycles. The van der Waals surface area contributed by atoms with Crippen LogP contribution in [0.5, 0.6) is 0 Å². The SMILES string of the molecule is CCCCCCCCCCOC(=O)C(CCC(=O)OC(C)(C)C)c1ccccc1C(F)(F)F. The van der Waals surface area contributed by atoms with E-state index in [1.54, 1.807) is 20.8 Å². The lowest BCUT2D eigenvalue weighted by Crippen LogP contribution is -2.25. The summed E-state index contributed by atoms with van der Waals surface area (Å²) in [7, 11) is 0. The van der Waals surface area contributed by atoms with Gasteiger partial charge in [0.15, 0.2) is 0 Å². The van der Waals surface area contributed by atoms with Crippen molar-refractivity contribution in [2.24, 2.45) is 0 Å². The summed E-state index contributed by atoms with van der Waals surface area (Å²) in [5.41, 5.74) is -1.77. The Bertz CT molecular complexity index is 723. The molecular weight excluding hydrogens is 433 g/mol. The summed E-state index contributed by atoms with van der Waals surface area (Å²) >= 11 is 0. The molecule has 0 bridgehead atoms. The average Bonchev–Trinajstić information content (AvgIpc) is 2.71. The van der Waals surface area contributed by atoms with Crippen LogP contribution in [0.4, 0.5) is 13.2 Å². The monoisotopic (exact) mass is 472 g/mol. The van der Waals surface area contributed by atoms with Crippen molar-refractivity contribution >= 4 is 11.9 Å². The first-order valence-electron chi connectivity index (χ1n) is 12.0. The van der Waals surface area contributed by atoms with E-state index in [1.807, 2.05) is 0 Å². The van der Waals surface area contributed by atoms with Crippen molar-refractivity contribution in [3.05, 3.63) is 35.4 Å². The second kappa shape index (κ2) is 14.3.